The summed E-state index contributed by atoms with van der Waals surface area (Å²) in [6.07, 6.45) is 4.43. The van der Waals surface area contributed by atoms with E-state index in [-0.39, 0.29) is 17.0 Å². The first kappa shape index (κ1) is 26.6. The molecule has 39 heavy (non-hydrogen) atoms. The summed E-state index contributed by atoms with van der Waals surface area (Å²) in [5.74, 6) is 1.41. The maximum Gasteiger partial charge on any atom is 0.273 e. The highest BCUT2D eigenvalue weighted by Crippen LogP contribution is 2.45. The van der Waals surface area contributed by atoms with E-state index in [0.717, 1.165) is 30.5 Å². The van der Waals surface area contributed by atoms with Gasteiger partial charge in [0.15, 0.2) is 0 Å². The van der Waals surface area contributed by atoms with Crippen molar-refractivity contribution in [3.63, 3.8) is 0 Å². The molecule has 2 heterocycles. The van der Waals surface area contributed by atoms with Gasteiger partial charge < -0.3 is 9.73 Å². The molecule has 0 unspecified atom stereocenters. The summed E-state index contributed by atoms with van der Waals surface area (Å²) < 4.78 is 6.00. The third-order valence-corrected chi connectivity index (χ3v) is 8.60. The Morgan fingerprint density at radius 1 is 1.13 bits per heavy atom. The first-order valence-corrected chi connectivity index (χ1v) is 13.8. The number of amides is 1. The van der Waals surface area contributed by atoms with Crippen LogP contribution in [0.15, 0.2) is 70.1 Å². The number of aliphatic imine (C=N–C) groups is 1. The molecule has 0 radical (unpaired) electrons. The van der Waals surface area contributed by atoms with Crippen molar-refractivity contribution in [3.8, 4) is 11.3 Å². The van der Waals surface area contributed by atoms with Gasteiger partial charge in [-0.1, -0.05) is 51.1 Å². The van der Waals surface area contributed by atoms with Crippen LogP contribution in [0.4, 0.5) is 16.4 Å². The number of nitro groups is 1. The minimum absolute atomic E-state index is 0.0471. The molecule has 0 bridgehead atoms. The summed E-state index contributed by atoms with van der Waals surface area (Å²) in [7, 11) is 0. The van der Waals surface area contributed by atoms with E-state index < -0.39 is 4.92 Å². The van der Waals surface area contributed by atoms with Crippen LogP contribution in [0, 0.1) is 28.4 Å². The van der Waals surface area contributed by atoms with Crippen molar-refractivity contribution in [2.45, 2.75) is 47.0 Å². The third-order valence-electron chi connectivity index (χ3n) is 7.43. The molecule has 1 aliphatic rings. The van der Waals surface area contributed by atoms with Crippen molar-refractivity contribution in [1.29, 1.82) is 0 Å². The third kappa shape index (κ3) is 5.56. The fourth-order valence-corrected chi connectivity index (χ4v) is 6.40. The van der Waals surface area contributed by atoms with E-state index in [0.29, 0.717) is 39.1 Å². The highest BCUT2D eigenvalue weighted by molar-refractivity contribution is 7.16. The lowest BCUT2D eigenvalue weighted by molar-refractivity contribution is -0.385. The average Bonchev–Trinajstić information content (AvgIpc) is 3.51. The standard InChI is InChI=1S/C31H31N3O4S/c1-19-23(11-8-12-25(19)34(36)37)26-16-14-22(38-26)18-32-30-28(29(35)33-21-9-6-5-7-10-21)24-15-13-20(31(2,3)4)17-27(24)39-30/h5-12,14,16,18,20H,13,15,17H2,1-4H3,(H,33,35)/t20-/m0/s1. The van der Waals surface area contributed by atoms with E-state index in [1.807, 2.05) is 30.3 Å². The second kappa shape index (κ2) is 10.6. The van der Waals surface area contributed by atoms with Gasteiger partial charge in [0.1, 0.15) is 16.5 Å². The van der Waals surface area contributed by atoms with Gasteiger partial charge in [-0.25, -0.2) is 4.99 Å². The molecule has 0 saturated heterocycles. The van der Waals surface area contributed by atoms with Crippen LogP contribution in [0.5, 0.6) is 0 Å². The van der Waals surface area contributed by atoms with Gasteiger partial charge in [-0.3, -0.25) is 14.9 Å². The van der Waals surface area contributed by atoms with Crippen molar-refractivity contribution < 1.29 is 14.1 Å². The highest BCUT2D eigenvalue weighted by atomic mass is 32.1. The van der Waals surface area contributed by atoms with E-state index in [4.69, 9.17) is 9.41 Å². The fourth-order valence-electron chi connectivity index (χ4n) is 5.13. The molecule has 1 atom stereocenters. The SMILES string of the molecule is Cc1c(-c2ccc(C=Nc3sc4c(c3C(=O)Nc3ccccc3)CC[C@H](C(C)(C)C)C4)o2)cccc1[N+](=O)[O-]. The first-order valence-electron chi connectivity index (χ1n) is 13.0. The van der Waals surface area contributed by atoms with Gasteiger partial charge in [0.2, 0.25) is 0 Å². The van der Waals surface area contributed by atoms with Crippen LogP contribution in [0.25, 0.3) is 11.3 Å². The smallest absolute Gasteiger partial charge is 0.273 e. The number of hydrogen-bond donors (Lipinski definition) is 1. The van der Waals surface area contributed by atoms with E-state index in [9.17, 15) is 14.9 Å². The zero-order chi connectivity index (χ0) is 27.7. The molecule has 2 aromatic carbocycles. The first-order chi connectivity index (χ1) is 18.6. The molecular weight excluding hydrogens is 510 g/mol. The molecule has 0 saturated carbocycles. The van der Waals surface area contributed by atoms with Crippen molar-refractivity contribution in [3.05, 3.63) is 98.1 Å². The number of rotatable bonds is 6. The van der Waals surface area contributed by atoms with Crippen LogP contribution in [0.3, 0.4) is 0 Å². The molecule has 4 aromatic rings. The number of nitrogens with one attached hydrogen (secondary N) is 1. The molecule has 8 heteroatoms. The summed E-state index contributed by atoms with van der Waals surface area (Å²) >= 11 is 1.58. The second-order valence-corrected chi connectivity index (χ2v) is 12.1. The molecule has 1 N–H and O–H groups in total. The van der Waals surface area contributed by atoms with Crippen LogP contribution in [0.2, 0.25) is 0 Å². The van der Waals surface area contributed by atoms with Crippen LogP contribution in [-0.2, 0) is 12.8 Å². The Kier molecular flexibility index (Phi) is 7.23. The number of fused-ring (bicyclic) bond motifs is 1. The summed E-state index contributed by atoms with van der Waals surface area (Å²) in [4.78, 5) is 30.4. The Balaban J connectivity index is 1.47. The number of anilines is 1. The van der Waals surface area contributed by atoms with Crippen molar-refractivity contribution >= 4 is 39.8 Å². The van der Waals surface area contributed by atoms with Gasteiger partial charge in [-0.05, 0) is 67.3 Å². The summed E-state index contributed by atoms with van der Waals surface area (Å²) in [5.41, 5.74) is 3.89. The van der Waals surface area contributed by atoms with Crippen LogP contribution in [-0.4, -0.2) is 17.0 Å². The van der Waals surface area contributed by atoms with Crippen LogP contribution in [0.1, 0.15) is 59.3 Å². The monoisotopic (exact) mass is 541 g/mol. The molecule has 200 valence electrons. The number of nitro benzene ring substituents is 1. The zero-order valence-electron chi connectivity index (χ0n) is 22.5. The van der Waals surface area contributed by atoms with Crippen molar-refractivity contribution in [1.82, 2.24) is 0 Å². The van der Waals surface area contributed by atoms with E-state index in [1.165, 1.54) is 10.9 Å². The summed E-state index contributed by atoms with van der Waals surface area (Å²) in [6, 6.07) is 17.9. The second-order valence-electron chi connectivity index (χ2n) is 11.0. The van der Waals surface area contributed by atoms with Gasteiger partial charge in [-0.15, -0.1) is 11.3 Å². The maximum atomic E-state index is 13.5. The number of furan rings is 1. The van der Waals surface area contributed by atoms with Gasteiger partial charge >= 0.3 is 0 Å². The predicted molar refractivity (Wildman–Crippen MR) is 156 cm³/mol. The Bertz CT molecular complexity index is 1560. The molecular formula is C31H31N3O4S. The molecule has 1 amide bonds. The normalized spacial score (nSPS) is 15.3. The van der Waals surface area contributed by atoms with Gasteiger partial charge in [0, 0.05) is 27.8 Å². The number of nitrogens with zero attached hydrogens (tertiary/aromatic N) is 2. The van der Waals surface area contributed by atoms with Crippen molar-refractivity contribution in [2.75, 3.05) is 5.32 Å². The van der Waals surface area contributed by atoms with E-state index >= 15 is 0 Å². The van der Waals surface area contributed by atoms with Crippen molar-refractivity contribution in [2.24, 2.45) is 16.3 Å². The number of hydrogen-bond acceptors (Lipinski definition) is 6. The van der Waals surface area contributed by atoms with E-state index in [1.54, 1.807) is 48.7 Å². The zero-order valence-corrected chi connectivity index (χ0v) is 23.3. The summed E-state index contributed by atoms with van der Waals surface area (Å²) in [6.45, 7) is 8.53. The van der Waals surface area contributed by atoms with Crippen LogP contribution < -0.4 is 5.32 Å². The number of benzene rings is 2. The lowest BCUT2D eigenvalue weighted by Gasteiger charge is -2.33. The molecule has 0 aliphatic heterocycles. The minimum Gasteiger partial charge on any atom is -0.455 e. The number of para-hydroxylation sites is 1. The Labute approximate surface area is 231 Å². The molecule has 0 fully saturated rings. The van der Waals surface area contributed by atoms with Gasteiger partial charge in [-0.2, -0.15) is 0 Å². The molecule has 0 spiro atoms. The molecule has 1 aliphatic carbocycles. The molecule has 5 rings (SSSR count). The maximum absolute atomic E-state index is 13.5. The average molecular weight is 542 g/mol. The van der Waals surface area contributed by atoms with Gasteiger partial charge in [0.05, 0.1) is 16.7 Å². The largest absolute Gasteiger partial charge is 0.455 e. The molecule has 7 nitrogen and oxygen atoms in total. The highest BCUT2D eigenvalue weighted by Gasteiger charge is 2.33. The fraction of sp³-hybridized carbons (Fsp3) is 0.290. The molecule has 2 aromatic heterocycles. The number of thiophene rings is 1. The summed E-state index contributed by atoms with van der Waals surface area (Å²) in [5, 5.41) is 15.0. The Hall–Kier alpha value is -4.04. The van der Waals surface area contributed by atoms with E-state index in [2.05, 4.69) is 26.1 Å². The number of carbonyl (C=O) groups is 1. The lowest BCUT2D eigenvalue weighted by atomic mass is 9.72. The predicted octanol–water partition coefficient (Wildman–Crippen LogP) is 8.38. The van der Waals surface area contributed by atoms with Crippen LogP contribution >= 0.6 is 11.3 Å². The topological polar surface area (TPSA) is 97.7 Å². The Morgan fingerprint density at radius 2 is 1.90 bits per heavy atom. The lowest BCUT2D eigenvalue weighted by Crippen LogP contribution is -2.27. The minimum atomic E-state index is -0.394. The Morgan fingerprint density at radius 3 is 2.62 bits per heavy atom. The number of carbonyl (C=O) groups excluding carboxylic acids is 1. The van der Waals surface area contributed by atoms with Gasteiger partial charge in [0.25, 0.3) is 11.6 Å². The quantitative estimate of drug-likeness (QED) is 0.151.